The molecular weight excluding hydrogens is 336 g/mol. The molecule has 1 aliphatic rings. The van der Waals surface area contributed by atoms with Crippen LogP contribution in [0.2, 0.25) is 0 Å². The number of para-hydroxylation sites is 2. The number of rotatable bonds is 5. The third kappa shape index (κ3) is 4.67. The van der Waals surface area contributed by atoms with Gasteiger partial charge in [-0.05, 0) is 36.1 Å². The van der Waals surface area contributed by atoms with E-state index in [0.717, 1.165) is 41.7 Å². The number of aromatic nitrogens is 2. The molecule has 0 aliphatic heterocycles. The highest BCUT2D eigenvalue weighted by Crippen LogP contribution is 2.17. The molecule has 2 amide bonds. The Morgan fingerprint density at radius 2 is 1.74 bits per heavy atom. The molecule has 27 heavy (non-hydrogen) atoms. The van der Waals surface area contributed by atoms with Crippen molar-refractivity contribution in [2.75, 3.05) is 0 Å². The van der Waals surface area contributed by atoms with Gasteiger partial charge in [-0.15, -0.1) is 0 Å². The quantitative estimate of drug-likeness (QED) is 0.634. The minimum Gasteiger partial charge on any atom is -0.342 e. The maximum Gasteiger partial charge on any atom is 0.315 e. The zero-order valence-corrected chi connectivity index (χ0v) is 15.5. The highest BCUT2D eigenvalue weighted by atomic mass is 16.2. The van der Waals surface area contributed by atoms with Gasteiger partial charge in [0.1, 0.15) is 5.82 Å². The van der Waals surface area contributed by atoms with Gasteiger partial charge >= 0.3 is 6.03 Å². The molecule has 2 aromatic carbocycles. The van der Waals surface area contributed by atoms with Crippen molar-refractivity contribution in [2.24, 2.45) is 0 Å². The first kappa shape index (κ1) is 17.6. The molecule has 4 rings (SSSR count). The molecule has 140 valence electrons. The van der Waals surface area contributed by atoms with E-state index in [9.17, 15) is 4.79 Å². The Hall–Kier alpha value is -2.82. The number of nitrogens with zero attached hydrogens (tertiary/aromatic N) is 1. The summed E-state index contributed by atoms with van der Waals surface area (Å²) in [7, 11) is 0. The fourth-order valence-electron chi connectivity index (χ4n) is 3.72. The Labute approximate surface area is 159 Å². The van der Waals surface area contributed by atoms with Crippen LogP contribution in [0.5, 0.6) is 0 Å². The molecule has 0 saturated heterocycles. The molecule has 3 aromatic rings. The van der Waals surface area contributed by atoms with Crippen molar-refractivity contribution in [1.82, 2.24) is 20.6 Å². The van der Waals surface area contributed by atoms with Crippen molar-refractivity contribution in [1.29, 1.82) is 0 Å². The van der Waals surface area contributed by atoms with E-state index in [1.54, 1.807) is 0 Å². The zero-order chi connectivity index (χ0) is 18.5. The number of aromatic amines is 1. The maximum absolute atomic E-state index is 12.0. The Bertz CT molecular complexity index is 861. The second-order valence-corrected chi connectivity index (χ2v) is 7.36. The Kier molecular flexibility index (Phi) is 5.37. The first-order valence-electron chi connectivity index (χ1n) is 9.82. The summed E-state index contributed by atoms with van der Waals surface area (Å²) in [4.78, 5) is 20.0. The number of carbonyl (C=O) groups excluding carboxylic acids is 1. The molecule has 0 unspecified atom stereocenters. The van der Waals surface area contributed by atoms with E-state index in [1.165, 1.54) is 24.8 Å². The molecular formula is C22H26N4O. The van der Waals surface area contributed by atoms with E-state index >= 15 is 0 Å². The number of carbonyl (C=O) groups is 1. The van der Waals surface area contributed by atoms with Crippen LogP contribution < -0.4 is 10.6 Å². The summed E-state index contributed by atoms with van der Waals surface area (Å²) in [6.45, 7) is 0.545. The van der Waals surface area contributed by atoms with Gasteiger partial charge in [-0.2, -0.15) is 0 Å². The van der Waals surface area contributed by atoms with Crippen molar-refractivity contribution in [2.45, 2.75) is 51.1 Å². The largest absolute Gasteiger partial charge is 0.342 e. The van der Waals surface area contributed by atoms with Gasteiger partial charge in [0, 0.05) is 19.0 Å². The van der Waals surface area contributed by atoms with Crippen LogP contribution in [0.4, 0.5) is 4.79 Å². The van der Waals surface area contributed by atoms with Crippen LogP contribution in [0.3, 0.4) is 0 Å². The number of nitrogens with one attached hydrogen (secondary N) is 3. The Balaban J connectivity index is 1.28. The number of benzene rings is 2. The van der Waals surface area contributed by atoms with Crippen LogP contribution in [-0.4, -0.2) is 22.0 Å². The Morgan fingerprint density at radius 3 is 2.52 bits per heavy atom. The summed E-state index contributed by atoms with van der Waals surface area (Å²) in [6, 6.07) is 16.7. The molecule has 5 heteroatoms. The molecule has 1 fully saturated rings. The van der Waals surface area contributed by atoms with Crippen molar-refractivity contribution in [3.63, 3.8) is 0 Å². The van der Waals surface area contributed by atoms with E-state index in [1.807, 2.05) is 24.3 Å². The molecule has 0 spiro atoms. The molecule has 3 N–H and O–H groups in total. The second kappa shape index (κ2) is 8.25. The van der Waals surface area contributed by atoms with Gasteiger partial charge in [0.2, 0.25) is 0 Å². The van der Waals surface area contributed by atoms with Gasteiger partial charge in [-0.1, -0.05) is 55.7 Å². The average molecular weight is 362 g/mol. The molecule has 1 aromatic heterocycles. The van der Waals surface area contributed by atoms with E-state index in [4.69, 9.17) is 0 Å². The highest BCUT2D eigenvalue weighted by Gasteiger charge is 2.15. The lowest BCUT2D eigenvalue weighted by atomic mass is 9.96. The van der Waals surface area contributed by atoms with E-state index in [0.29, 0.717) is 12.6 Å². The first-order valence-corrected chi connectivity index (χ1v) is 9.82. The number of urea groups is 1. The van der Waals surface area contributed by atoms with Crippen molar-refractivity contribution in [3.8, 4) is 0 Å². The van der Waals surface area contributed by atoms with Crippen LogP contribution in [0.25, 0.3) is 11.0 Å². The van der Waals surface area contributed by atoms with Crippen molar-refractivity contribution in [3.05, 3.63) is 65.5 Å². The molecule has 0 atom stereocenters. The number of imidazole rings is 1. The summed E-state index contributed by atoms with van der Waals surface area (Å²) in [5.74, 6) is 0.967. The second-order valence-electron chi connectivity index (χ2n) is 7.36. The average Bonchev–Trinajstić information content (AvgIpc) is 3.10. The number of H-pyrrole nitrogens is 1. The normalized spacial score (nSPS) is 15.0. The predicted molar refractivity (Wildman–Crippen MR) is 108 cm³/mol. The van der Waals surface area contributed by atoms with E-state index in [-0.39, 0.29) is 6.03 Å². The molecule has 1 aliphatic carbocycles. The fourth-order valence-corrected chi connectivity index (χ4v) is 3.72. The summed E-state index contributed by atoms with van der Waals surface area (Å²) in [5, 5.41) is 6.05. The van der Waals surface area contributed by atoms with Gasteiger partial charge in [-0.25, -0.2) is 9.78 Å². The van der Waals surface area contributed by atoms with Gasteiger partial charge in [0.05, 0.1) is 11.0 Å². The SMILES string of the molecule is O=C(NCc1ccc(Cc2nc3ccccc3[nH]2)cc1)NC1CCCCC1. The summed E-state index contributed by atoms with van der Waals surface area (Å²) in [5.41, 5.74) is 4.36. The molecule has 0 radical (unpaired) electrons. The number of fused-ring (bicyclic) bond motifs is 1. The maximum atomic E-state index is 12.0. The lowest BCUT2D eigenvalue weighted by Crippen LogP contribution is -2.42. The van der Waals surface area contributed by atoms with Gasteiger partial charge < -0.3 is 15.6 Å². The smallest absolute Gasteiger partial charge is 0.315 e. The first-order chi connectivity index (χ1) is 13.3. The summed E-state index contributed by atoms with van der Waals surface area (Å²) in [6.07, 6.45) is 6.70. The third-order valence-electron chi connectivity index (χ3n) is 5.23. The van der Waals surface area contributed by atoms with Gasteiger partial charge in [-0.3, -0.25) is 0 Å². The van der Waals surface area contributed by atoms with Crippen LogP contribution in [0.1, 0.15) is 49.1 Å². The molecule has 0 bridgehead atoms. The van der Waals surface area contributed by atoms with E-state index < -0.39 is 0 Å². The lowest BCUT2D eigenvalue weighted by Gasteiger charge is -2.22. The molecule has 1 heterocycles. The third-order valence-corrected chi connectivity index (χ3v) is 5.23. The van der Waals surface area contributed by atoms with Crippen molar-refractivity contribution < 1.29 is 4.79 Å². The van der Waals surface area contributed by atoms with Crippen LogP contribution in [-0.2, 0) is 13.0 Å². The lowest BCUT2D eigenvalue weighted by molar-refractivity contribution is 0.232. The monoisotopic (exact) mass is 362 g/mol. The minimum absolute atomic E-state index is 0.0618. The fraction of sp³-hybridized carbons (Fsp3) is 0.364. The van der Waals surface area contributed by atoms with Crippen LogP contribution >= 0.6 is 0 Å². The van der Waals surface area contributed by atoms with Gasteiger partial charge in [0.25, 0.3) is 0 Å². The van der Waals surface area contributed by atoms with Crippen molar-refractivity contribution >= 4 is 17.1 Å². The van der Waals surface area contributed by atoms with Gasteiger partial charge in [0.15, 0.2) is 0 Å². The number of hydrogen-bond donors (Lipinski definition) is 3. The minimum atomic E-state index is -0.0618. The molecule has 5 nitrogen and oxygen atoms in total. The predicted octanol–water partition coefficient (Wildman–Crippen LogP) is 4.29. The zero-order valence-electron chi connectivity index (χ0n) is 15.5. The van der Waals surface area contributed by atoms with Crippen LogP contribution in [0, 0.1) is 0 Å². The number of amides is 2. The Morgan fingerprint density at radius 1 is 1.00 bits per heavy atom. The standard InChI is InChI=1S/C22H26N4O/c27-22(24-18-6-2-1-3-7-18)23-15-17-12-10-16(11-13-17)14-21-25-19-8-4-5-9-20(19)26-21/h4-5,8-13,18H,1-3,6-7,14-15H2,(H,25,26)(H2,23,24,27). The molecule has 1 saturated carbocycles. The van der Waals surface area contributed by atoms with Crippen LogP contribution in [0.15, 0.2) is 48.5 Å². The summed E-state index contributed by atoms with van der Waals surface area (Å²) < 4.78 is 0. The topological polar surface area (TPSA) is 69.8 Å². The summed E-state index contributed by atoms with van der Waals surface area (Å²) >= 11 is 0. The van der Waals surface area contributed by atoms with E-state index in [2.05, 4.69) is 44.9 Å². The highest BCUT2D eigenvalue weighted by molar-refractivity contribution is 5.75. The number of hydrogen-bond acceptors (Lipinski definition) is 2.